The summed E-state index contributed by atoms with van der Waals surface area (Å²) in [5.74, 6) is 0. The van der Waals surface area contributed by atoms with E-state index in [0.717, 1.165) is 32.3 Å². The Bertz CT molecular complexity index is 194. The van der Waals surface area contributed by atoms with Crippen LogP contribution in [0.25, 0.3) is 0 Å². The minimum atomic E-state index is 0.617. The van der Waals surface area contributed by atoms with Crippen molar-refractivity contribution in [3.8, 4) is 0 Å². The quantitative estimate of drug-likeness (QED) is 0.668. The number of rotatable bonds is 7. The van der Waals surface area contributed by atoms with Crippen molar-refractivity contribution in [1.29, 1.82) is 0 Å². The van der Waals surface area contributed by atoms with Crippen molar-refractivity contribution in [3.05, 3.63) is 0 Å². The smallest absolute Gasteiger partial charge is 0.0634 e. The lowest BCUT2D eigenvalue weighted by Gasteiger charge is -2.35. The summed E-state index contributed by atoms with van der Waals surface area (Å²) < 4.78 is 5.59. The van der Waals surface area contributed by atoms with Crippen LogP contribution in [-0.4, -0.2) is 49.8 Å². The van der Waals surface area contributed by atoms with Crippen molar-refractivity contribution in [2.24, 2.45) is 0 Å². The summed E-state index contributed by atoms with van der Waals surface area (Å²) in [6.45, 7) is 7.62. The number of nitrogens with zero attached hydrogens (tertiary/aromatic N) is 1. The van der Waals surface area contributed by atoms with E-state index in [0.29, 0.717) is 6.04 Å². The Morgan fingerprint density at radius 2 is 2.19 bits per heavy atom. The van der Waals surface area contributed by atoms with Gasteiger partial charge in [0.1, 0.15) is 0 Å². The van der Waals surface area contributed by atoms with Gasteiger partial charge >= 0.3 is 0 Å². The third-order valence-electron chi connectivity index (χ3n) is 3.62. The van der Waals surface area contributed by atoms with E-state index in [9.17, 15) is 0 Å². The van der Waals surface area contributed by atoms with Gasteiger partial charge in [-0.2, -0.15) is 0 Å². The molecule has 1 saturated carbocycles. The maximum absolute atomic E-state index is 5.59. The molecule has 1 saturated heterocycles. The molecule has 0 amide bonds. The van der Waals surface area contributed by atoms with Crippen LogP contribution in [0.2, 0.25) is 0 Å². The molecule has 0 radical (unpaired) electrons. The monoisotopic (exact) mass is 226 g/mol. The maximum atomic E-state index is 5.59. The molecule has 1 N–H and O–H groups in total. The first-order valence-electron chi connectivity index (χ1n) is 6.95. The number of ether oxygens (including phenoxy) is 1. The molecule has 2 rings (SSSR count). The number of morpholine rings is 1. The predicted molar refractivity (Wildman–Crippen MR) is 66.7 cm³/mol. The van der Waals surface area contributed by atoms with E-state index in [4.69, 9.17) is 4.74 Å². The van der Waals surface area contributed by atoms with Gasteiger partial charge in [0.15, 0.2) is 0 Å². The van der Waals surface area contributed by atoms with Gasteiger partial charge in [-0.1, -0.05) is 19.8 Å². The van der Waals surface area contributed by atoms with E-state index >= 15 is 0 Å². The van der Waals surface area contributed by atoms with Gasteiger partial charge in [-0.25, -0.2) is 0 Å². The number of hydrogen-bond donors (Lipinski definition) is 1. The zero-order chi connectivity index (χ0) is 11.2. The molecule has 1 aliphatic heterocycles. The molecule has 2 aliphatic rings. The second-order valence-corrected chi connectivity index (χ2v) is 5.15. The van der Waals surface area contributed by atoms with Crippen LogP contribution in [0.15, 0.2) is 0 Å². The van der Waals surface area contributed by atoms with Crippen LogP contribution in [0.5, 0.6) is 0 Å². The highest BCUT2D eigenvalue weighted by atomic mass is 16.5. The predicted octanol–water partition coefficient (Wildman–Crippen LogP) is 1.63. The summed E-state index contributed by atoms with van der Waals surface area (Å²) in [4.78, 5) is 2.62. The van der Waals surface area contributed by atoms with Crippen molar-refractivity contribution >= 4 is 0 Å². The van der Waals surface area contributed by atoms with Crippen LogP contribution >= 0.6 is 0 Å². The SMILES string of the molecule is CCCCCN1CCOCC1CNC1CC1. The average Bonchev–Trinajstić information content (AvgIpc) is 3.12. The van der Waals surface area contributed by atoms with E-state index in [1.807, 2.05) is 0 Å². The number of nitrogens with one attached hydrogen (secondary N) is 1. The van der Waals surface area contributed by atoms with Crippen LogP contribution in [0.3, 0.4) is 0 Å². The first kappa shape index (κ1) is 12.3. The molecule has 94 valence electrons. The van der Waals surface area contributed by atoms with Crippen molar-refractivity contribution in [3.63, 3.8) is 0 Å². The molecule has 0 aromatic rings. The van der Waals surface area contributed by atoms with Crippen LogP contribution in [0, 0.1) is 0 Å². The van der Waals surface area contributed by atoms with Crippen LogP contribution < -0.4 is 5.32 Å². The van der Waals surface area contributed by atoms with Gasteiger partial charge in [-0.3, -0.25) is 4.90 Å². The van der Waals surface area contributed by atoms with E-state index in [2.05, 4.69) is 17.1 Å². The molecule has 0 aromatic carbocycles. The largest absolute Gasteiger partial charge is 0.378 e. The van der Waals surface area contributed by atoms with Gasteiger partial charge in [0, 0.05) is 25.2 Å². The summed E-state index contributed by atoms with van der Waals surface area (Å²) in [6, 6.07) is 1.44. The molecule has 1 aliphatic carbocycles. The Hall–Kier alpha value is -0.120. The molecule has 1 unspecified atom stereocenters. The molecule has 16 heavy (non-hydrogen) atoms. The first-order valence-corrected chi connectivity index (χ1v) is 6.95. The first-order chi connectivity index (χ1) is 7.90. The Labute approximate surface area is 99.5 Å². The molecular formula is C13H26N2O. The molecule has 3 heteroatoms. The molecule has 0 bridgehead atoms. The van der Waals surface area contributed by atoms with Crippen molar-refractivity contribution in [2.75, 3.05) is 32.8 Å². The van der Waals surface area contributed by atoms with Crippen molar-refractivity contribution in [1.82, 2.24) is 10.2 Å². The molecule has 0 spiro atoms. The highest BCUT2D eigenvalue weighted by molar-refractivity contribution is 4.85. The third-order valence-corrected chi connectivity index (χ3v) is 3.62. The molecule has 2 fully saturated rings. The second-order valence-electron chi connectivity index (χ2n) is 5.15. The lowest BCUT2D eigenvalue weighted by Crippen LogP contribution is -2.50. The molecular weight excluding hydrogens is 200 g/mol. The summed E-state index contributed by atoms with van der Waals surface area (Å²) in [6.07, 6.45) is 6.78. The van der Waals surface area contributed by atoms with Gasteiger partial charge in [-0.15, -0.1) is 0 Å². The Morgan fingerprint density at radius 3 is 2.94 bits per heavy atom. The fraction of sp³-hybridized carbons (Fsp3) is 1.00. The van der Waals surface area contributed by atoms with Gasteiger partial charge in [0.25, 0.3) is 0 Å². The second kappa shape index (κ2) is 6.58. The topological polar surface area (TPSA) is 24.5 Å². The summed E-state index contributed by atoms with van der Waals surface area (Å²) in [7, 11) is 0. The van der Waals surface area contributed by atoms with Gasteiger partial charge in [0.2, 0.25) is 0 Å². The minimum Gasteiger partial charge on any atom is -0.378 e. The lowest BCUT2D eigenvalue weighted by atomic mass is 10.2. The van der Waals surface area contributed by atoms with E-state index in [1.165, 1.54) is 38.6 Å². The van der Waals surface area contributed by atoms with Crippen LogP contribution in [0.4, 0.5) is 0 Å². The minimum absolute atomic E-state index is 0.617. The Balaban J connectivity index is 1.67. The van der Waals surface area contributed by atoms with Crippen molar-refractivity contribution < 1.29 is 4.74 Å². The zero-order valence-corrected chi connectivity index (χ0v) is 10.6. The fourth-order valence-corrected chi connectivity index (χ4v) is 2.33. The van der Waals surface area contributed by atoms with Crippen LogP contribution in [0.1, 0.15) is 39.0 Å². The Morgan fingerprint density at radius 1 is 1.31 bits per heavy atom. The lowest BCUT2D eigenvalue weighted by molar-refractivity contribution is -0.00748. The average molecular weight is 226 g/mol. The molecule has 1 heterocycles. The molecule has 3 nitrogen and oxygen atoms in total. The standard InChI is InChI=1S/C13H26N2O/c1-2-3-4-7-15-8-9-16-11-13(15)10-14-12-5-6-12/h12-14H,2-11H2,1H3. The van der Waals surface area contributed by atoms with Gasteiger partial charge < -0.3 is 10.1 Å². The van der Waals surface area contributed by atoms with Crippen molar-refractivity contribution in [2.45, 2.75) is 51.1 Å². The molecule has 0 aromatic heterocycles. The van der Waals surface area contributed by atoms with E-state index in [-0.39, 0.29) is 0 Å². The van der Waals surface area contributed by atoms with Crippen LogP contribution in [-0.2, 0) is 4.74 Å². The number of hydrogen-bond acceptors (Lipinski definition) is 3. The van der Waals surface area contributed by atoms with E-state index < -0.39 is 0 Å². The van der Waals surface area contributed by atoms with E-state index in [1.54, 1.807) is 0 Å². The van der Waals surface area contributed by atoms with Gasteiger partial charge in [-0.05, 0) is 25.8 Å². The highest BCUT2D eigenvalue weighted by Gasteiger charge is 2.26. The zero-order valence-electron chi connectivity index (χ0n) is 10.6. The maximum Gasteiger partial charge on any atom is 0.0634 e. The highest BCUT2D eigenvalue weighted by Crippen LogP contribution is 2.19. The van der Waals surface area contributed by atoms with Gasteiger partial charge in [0.05, 0.1) is 13.2 Å². The summed E-state index contributed by atoms with van der Waals surface area (Å²) in [5.41, 5.74) is 0. The normalized spacial score (nSPS) is 27.2. The number of unbranched alkanes of at least 4 members (excludes halogenated alkanes) is 2. The fourth-order valence-electron chi connectivity index (χ4n) is 2.33. The summed E-state index contributed by atoms with van der Waals surface area (Å²) in [5, 5.41) is 3.63. The third kappa shape index (κ3) is 4.04. The Kier molecular flexibility index (Phi) is 5.07. The summed E-state index contributed by atoms with van der Waals surface area (Å²) >= 11 is 0. The molecule has 1 atom stereocenters.